The Morgan fingerprint density at radius 2 is 2.26 bits per heavy atom. The first-order valence-corrected chi connectivity index (χ1v) is 5.22. The van der Waals surface area contributed by atoms with Crippen LogP contribution in [0.15, 0.2) is 17.3 Å². The first-order chi connectivity index (χ1) is 8.90. The summed E-state index contributed by atoms with van der Waals surface area (Å²) >= 11 is 0. The number of carbonyl (C=O) groups is 1. The van der Waals surface area contributed by atoms with E-state index < -0.39 is 24.6 Å². The van der Waals surface area contributed by atoms with E-state index in [4.69, 9.17) is 5.11 Å². The summed E-state index contributed by atoms with van der Waals surface area (Å²) in [4.78, 5) is 26.5. The van der Waals surface area contributed by atoms with Gasteiger partial charge in [-0.05, 0) is 0 Å². The van der Waals surface area contributed by atoms with Crippen LogP contribution in [0, 0.1) is 0 Å². The van der Waals surface area contributed by atoms with E-state index in [0.717, 1.165) is 10.9 Å². The number of halogens is 2. The lowest BCUT2D eigenvalue weighted by molar-refractivity contribution is 0.125. The Morgan fingerprint density at radius 3 is 2.84 bits per heavy atom. The molecule has 9 heteroatoms. The molecule has 1 amide bonds. The number of rotatable bonds is 3. The van der Waals surface area contributed by atoms with Gasteiger partial charge in [0, 0.05) is 13.2 Å². The predicted octanol–water partition coefficient (Wildman–Crippen LogP) is 1.09. The molecule has 0 aliphatic carbocycles. The summed E-state index contributed by atoms with van der Waals surface area (Å²) in [5.41, 5.74) is -0.472. The van der Waals surface area contributed by atoms with Gasteiger partial charge >= 0.3 is 6.09 Å². The number of aromatic nitrogens is 3. The molecule has 0 saturated carbocycles. The van der Waals surface area contributed by atoms with Crippen molar-refractivity contribution in [3.8, 4) is 0 Å². The second-order valence-corrected chi connectivity index (χ2v) is 3.88. The van der Waals surface area contributed by atoms with Crippen molar-refractivity contribution in [3.63, 3.8) is 0 Å². The van der Waals surface area contributed by atoms with Crippen molar-refractivity contribution < 1.29 is 18.7 Å². The van der Waals surface area contributed by atoms with E-state index in [2.05, 4.69) is 4.98 Å². The number of fused-ring (bicyclic) bond motifs is 1. The quantitative estimate of drug-likeness (QED) is 0.875. The first kappa shape index (κ1) is 13.0. The maximum absolute atomic E-state index is 12.3. The largest absolute Gasteiger partial charge is 0.465 e. The van der Waals surface area contributed by atoms with E-state index in [9.17, 15) is 18.4 Å². The normalized spacial score (nSPS) is 11.2. The van der Waals surface area contributed by atoms with E-state index in [0.29, 0.717) is 0 Å². The zero-order valence-corrected chi connectivity index (χ0v) is 9.80. The minimum atomic E-state index is -2.70. The average Bonchev–Trinajstić information content (AvgIpc) is 2.58. The van der Waals surface area contributed by atoms with Gasteiger partial charge in [0.05, 0.1) is 12.2 Å². The highest BCUT2D eigenvalue weighted by atomic mass is 19.3. The lowest BCUT2D eigenvalue weighted by Crippen LogP contribution is -2.24. The molecule has 2 aromatic rings. The molecule has 0 saturated heterocycles. The zero-order chi connectivity index (χ0) is 14.2. The van der Waals surface area contributed by atoms with Crippen LogP contribution in [0.4, 0.5) is 19.3 Å². The summed E-state index contributed by atoms with van der Waals surface area (Å²) in [6.07, 6.45) is -1.67. The van der Waals surface area contributed by atoms with Crippen LogP contribution in [-0.2, 0) is 13.6 Å². The number of carboxylic acid groups (broad SMARTS) is 1. The van der Waals surface area contributed by atoms with E-state index in [1.165, 1.54) is 10.8 Å². The molecule has 2 aromatic heterocycles. The zero-order valence-electron chi connectivity index (χ0n) is 9.80. The molecule has 102 valence electrons. The highest BCUT2D eigenvalue weighted by Crippen LogP contribution is 2.20. The number of aryl methyl sites for hydroxylation is 1. The molecular weight excluding hydrogens is 262 g/mol. The van der Waals surface area contributed by atoms with E-state index in [1.54, 1.807) is 7.05 Å². The Kier molecular flexibility index (Phi) is 3.19. The summed E-state index contributed by atoms with van der Waals surface area (Å²) in [5, 5.41) is 10.7. The topological polar surface area (TPSA) is 89.2 Å². The van der Waals surface area contributed by atoms with Crippen LogP contribution < -0.4 is 10.9 Å². The third-order valence-electron chi connectivity index (χ3n) is 2.52. The van der Waals surface area contributed by atoms with Gasteiger partial charge in [-0.2, -0.15) is 0 Å². The molecule has 0 fully saturated rings. The Bertz CT molecular complexity index is 692. The van der Waals surface area contributed by atoms with Crippen LogP contribution in [0.3, 0.4) is 0 Å². The Labute approximate surface area is 105 Å². The number of alkyl halides is 2. The van der Waals surface area contributed by atoms with Crippen molar-refractivity contribution in [2.75, 3.05) is 5.32 Å². The fraction of sp³-hybridized carbons (Fsp3) is 0.300. The first-order valence-electron chi connectivity index (χ1n) is 5.22. The molecular formula is C10H10F2N4O3. The third-order valence-corrected chi connectivity index (χ3v) is 2.52. The number of hydrogen-bond acceptors (Lipinski definition) is 3. The van der Waals surface area contributed by atoms with Crippen LogP contribution >= 0.6 is 0 Å². The number of anilines is 1. The molecule has 0 aliphatic heterocycles. The molecule has 0 atom stereocenters. The molecule has 0 bridgehead atoms. The van der Waals surface area contributed by atoms with Gasteiger partial charge in [-0.1, -0.05) is 0 Å². The van der Waals surface area contributed by atoms with Crippen LogP contribution in [0.25, 0.3) is 11.0 Å². The maximum Gasteiger partial charge on any atom is 0.409 e. The average molecular weight is 272 g/mol. The molecule has 0 radical (unpaired) electrons. The highest BCUT2D eigenvalue weighted by molar-refractivity contribution is 5.97. The summed E-state index contributed by atoms with van der Waals surface area (Å²) in [6, 6.07) is 0. The Balaban J connectivity index is 2.65. The van der Waals surface area contributed by atoms with Crippen LogP contribution in [0.2, 0.25) is 0 Å². The van der Waals surface area contributed by atoms with Gasteiger partial charge < -0.3 is 9.67 Å². The van der Waals surface area contributed by atoms with Crippen LogP contribution in [-0.4, -0.2) is 31.7 Å². The Morgan fingerprint density at radius 1 is 1.58 bits per heavy atom. The molecule has 2 rings (SSSR count). The van der Waals surface area contributed by atoms with Gasteiger partial charge in [-0.25, -0.2) is 18.6 Å². The second kappa shape index (κ2) is 4.67. The second-order valence-electron chi connectivity index (χ2n) is 3.88. The van der Waals surface area contributed by atoms with Crippen molar-refractivity contribution in [3.05, 3.63) is 22.9 Å². The van der Waals surface area contributed by atoms with E-state index in [-0.39, 0.29) is 16.7 Å². The molecule has 2 N–H and O–H groups in total. The van der Waals surface area contributed by atoms with Crippen molar-refractivity contribution >= 4 is 22.8 Å². The molecule has 0 unspecified atom stereocenters. The Hall–Kier alpha value is -2.45. The number of amides is 1. The van der Waals surface area contributed by atoms with E-state index in [1.807, 2.05) is 5.32 Å². The molecule has 19 heavy (non-hydrogen) atoms. The van der Waals surface area contributed by atoms with Gasteiger partial charge in [-0.3, -0.25) is 14.7 Å². The van der Waals surface area contributed by atoms with E-state index >= 15 is 0 Å². The summed E-state index contributed by atoms with van der Waals surface area (Å²) in [5.74, 6) is 0. The predicted molar refractivity (Wildman–Crippen MR) is 62.6 cm³/mol. The van der Waals surface area contributed by atoms with Crippen molar-refractivity contribution in [1.82, 2.24) is 14.1 Å². The summed E-state index contributed by atoms with van der Waals surface area (Å²) in [7, 11) is 1.57. The number of nitrogens with zero attached hydrogens (tertiary/aromatic N) is 3. The lowest BCUT2D eigenvalue weighted by Gasteiger charge is -2.05. The van der Waals surface area contributed by atoms with Gasteiger partial charge in [0.1, 0.15) is 17.4 Å². The SMILES string of the molecule is Cn1cc(NC(=O)O)c2c(=O)n(CC(F)F)cnc21. The monoisotopic (exact) mass is 272 g/mol. The fourth-order valence-electron chi connectivity index (χ4n) is 1.79. The molecule has 0 spiro atoms. The summed E-state index contributed by atoms with van der Waals surface area (Å²) < 4.78 is 26.8. The number of hydrogen-bond donors (Lipinski definition) is 2. The maximum atomic E-state index is 12.3. The van der Waals surface area contributed by atoms with Gasteiger partial charge in [0.25, 0.3) is 12.0 Å². The molecule has 0 aliphatic rings. The van der Waals surface area contributed by atoms with Crippen molar-refractivity contribution in [1.29, 1.82) is 0 Å². The smallest absolute Gasteiger partial charge is 0.409 e. The number of nitrogens with one attached hydrogen (secondary N) is 1. The fourth-order valence-corrected chi connectivity index (χ4v) is 1.79. The highest BCUT2D eigenvalue weighted by Gasteiger charge is 2.16. The molecule has 7 nitrogen and oxygen atoms in total. The molecule has 0 aromatic carbocycles. The van der Waals surface area contributed by atoms with Crippen molar-refractivity contribution in [2.24, 2.45) is 7.05 Å². The summed E-state index contributed by atoms with van der Waals surface area (Å²) in [6.45, 7) is -0.789. The van der Waals surface area contributed by atoms with Crippen LogP contribution in [0.1, 0.15) is 0 Å². The van der Waals surface area contributed by atoms with Gasteiger partial charge in [0.15, 0.2) is 0 Å². The minimum absolute atomic E-state index is 0.0196. The minimum Gasteiger partial charge on any atom is -0.465 e. The lowest BCUT2D eigenvalue weighted by atomic mass is 10.3. The third kappa shape index (κ3) is 2.39. The van der Waals surface area contributed by atoms with Crippen molar-refractivity contribution in [2.45, 2.75) is 13.0 Å². The van der Waals surface area contributed by atoms with Gasteiger partial charge in [0.2, 0.25) is 0 Å². The standard InChI is InChI=1S/C10H10F2N4O3/c1-15-2-5(14-10(18)19)7-8(15)13-4-16(9(7)17)3-6(11)12/h2,4,6,14H,3H2,1H3,(H,18,19). The van der Waals surface area contributed by atoms with Gasteiger partial charge in [-0.15, -0.1) is 0 Å². The van der Waals surface area contributed by atoms with Crippen LogP contribution in [0.5, 0.6) is 0 Å². The molecule has 2 heterocycles.